The van der Waals surface area contributed by atoms with Crippen LogP contribution in [0, 0.1) is 0 Å². The smallest absolute Gasteiger partial charge is 0.323 e. The molecule has 0 bridgehead atoms. The van der Waals surface area contributed by atoms with Crippen LogP contribution in [0.25, 0.3) is 10.9 Å². The van der Waals surface area contributed by atoms with Gasteiger partial charge in [0.25, 0.3) is 0 Å². The summed E-state index contributed by atoms with van der Waals surface area (Å²) in [5, 5.41) is 7.17. The number of pyridine rings is 1. The Balaban J connectivity index is 1.22. The van der Waals surface area contributed by atoms with Gasteiger partial charge in [-0.3, -0.25) is 0 Å². The summed E-state index contributed by atoms with van der Waals surface area (Å²) in [7, 11) is 0. The maximum absolute atomic E-state index is 12.5. The minimum Gasteiger partial charge on any atom is -0.375 e. The molecule has 2 aliphatic heterocycles. The number of carbonyl (C=O) groups excluding carboxylic acids is 1. The van der Waals surface area contributed by atoms with Crippen molar-refractivity contribution in [3.05, 3.63) is 47.7 Å². The van der Waals surface area contributed by atoms with Gasteiger partial charge < -0.3 is 25.3 Å². The van der Waals surface area contributed by atoms with Gasteiger partial charge in [0.05, 0.1) is 28.2 Å². The van der Waals surface area contributed by atoms with Gasteiger partial charge in [0.2, 0.25) is 0 Å². The number of piperidine rings is 1. The second-order valence-corrected chi connectivity index (χ2v) is 8.74. The van der Waals surface area contributed by atoms with E-state index < -0.39 is 0 Å². The van der Waals surface area contributed by atoms with Gasteiger partial charge >= 0.3 is 6.03 Å². The molecule has 2 aromatic heterocycles. The van der Waals surface area contributed by atoms with E-state index in [0.29, 0.717) is 10.7 Å². The molecule has 5 rings (SSSR count). The molecule has 3 aromatic rings. The topological polar surface area (TPSA) is 82.3 Å². The van der Waals surface area contributed by atoms with Gasteiger partial charge in [-0.15, -0.1) is 0 Å². The summed E-state index contributed by atoms with van der Waals surface area (Å²) in [4.78, 5) is 22.4. The van der Waals surface area contributed by atoms with Crippen LogP contribution in [-0.2, 0) is 4.74 Å². The molecule has 1 spiro atoms. The molecule has 2 aliphatic rings. The molecule has 2 saturated heterocycles. The monoisotopic (exact) mass is 439 g/mol. The average Bonchev–Trinajstić information content (AvgIpc) is 3.18. The Morgan fingerprint density at radius 1 is 1.16 bits per heavy atom. The predicted molar refractivity (Wildman–Crippen MR) is 124 cm³/mol. The fourth-order valence-corrected chi connectivity index (χ4v) is 4.91. The van der Waals surface area contributed by atoms with Crippen molar-refractivity contribution in [1.29, 1.82) is 0 Å². The zero-order valence-electron chi connectivity index (χ0n) is 17.3. The standard InChI is InChI=1S/C23H26ClN5O2/c24-18-13-16(27-22(30)28-20-15-25-19-6-2-1-5-17(19)20)14-26-21(18)29-10-8-23(9-11-29)7-3-4-12-31-23/h1-2,5-6,13-15,25H,3-4,7-12H2,(H2,27,28,30). The van der Waals surface area contributed by atoms with Crippen molar-refractivity contribution in [3.8, 4) is 0 Å². The Bertz CT molecular complexity index is 1080. The van der Waals surface area contributed by atoms with E-state index in [1.54, 1.807) is 18.5 Å². The Kier molecular flexibility index (Phi) is 5.46. The number of hydrogen-bond acceptors (Lipinski definition) is 4. The van der Waals surface area contributed by atoms with E-state index in [2.05, 4.69) is 25.5 Å². The molecular formula is C23H26ClN5O2. The molecule has 31 heavy (non-hydrogen) atoms. The van der Waals surface area contributed by atoms with Crippen molar-refractivity contribution in [2.45, 2.75) is 37.7 Å². The molecule has 0 radical (unpaired) electrons. The van der Waals surface area contributed by atoms with Gasteiger partial charge in [0.15, 0.2) is 0 Å². The second kappa shape index (κ2) is 8.40. The van der Waals surface area contributed by atoms with Gasteiger partial charge in [-0.05, 0) is 44.2 Å². The van der Waals surface area contributed by atoms with Crippen LogP contribution >= 0.6 is 11.6 Å². The molecule has 3 N–H and O–H groups in total. The Hall–Kier alpha value is -2.77. The Labute approximate surface area is 186 Å². The van der Waals surface area contributed by atoms with E-state index in [1.807, 2.05) is 24.3 Å². The number of nitrogens with one attached hydrogen (secondary N) is 3. The number of aromatic amines is 1. The number of fused-ring (bicyclic) bond motifs is 1. The minimum atomic E-state index is -0.343. The number of benzene rings is 1. The summed E-state index contributed by atoms with van der Waals surface area (Å²) >= 11 is 6.53. The number of H-pyrrole nitrogens is 1. The molecule has 0 aliphatic carbocycles. The van der Waals surface area contributed by atoms with E-state index >= 15 is 0 Å². The van der Waals surface area contributed by atoms with Crippen LogP contribution in [0.1, 0.15) is 32.1 Å². The van der Waals surface area contributed by atoms with Crippen molar-refractivity contribution in [1.82, 2.24) is 9.97 Å². The molecule has 1 aromatic carbocycles. The highest BCUT2D eigenvalue weighted by molar-refractivity contribution is 6.33. The van der Waals surface area contributed by atoms with Crippen LogP contribution in [-0.4, -0.2) is 41.3 Å². The molecule has 0 saturated carbocycles. The van der Waals surface area contributed by atoms with Crippen molar-refractivity contribution < 1.29 is 9.53 Å². The van der Waals surface area contributed by atoms with E-state index in [1.165, 1.54) is 12.8 Å². The summed E-state index contributed by atoms with van der Waals surface area (Å²) in [5.74, 6) is 0.759. The molecule has 7 nitrogen and oxygen atoms in total. The number of halogens is 1. The maximum Gasteiger partial charge on any atom is 0.323 e. The average molecular weight is 440 g/mol. The van der Waals surface area contributed by atoms with Gasteiger partial charge in [-0.1, -0.05) is 29.8 Å². The third-order valence-corrected chi connectivity index (χ3v) is 6.60. The molecule has 4 heterocycles. The number of carbonyl (C=O) groups is 1. The number of nitrogens with zero attached hydrogens (tertiary/aromatic N) is 2. The summed E-state index contributed by atoms with van der Waals surface area (Å²) in [5.41, 5.74) is 2.28. The lowest BCUT2D eigenvalue weighted by Gasteiger charge is -2.44. The lowest BCUT2D eigenvalue weighted by molar-refractivity contribution is -0.0921. The minimum absolute atomic E-state index is 0.0449. The van der Waals surface area contributed by atoms with E-state index in [-0.39, 0.29) is 11.6 Å². The number of para-hydroxylation sites is 1. The van der Waals surface area contributed by atoms with Gasteiger partial charge in [-0.25, -0.2) is 9.78 Å². The Morgan fingerprint density at radius 2 is 2.00 bits per heavy atom. The number of rotatable bonds is 3. The van der Waals surface area contributed by atoms with Gasteiger partial charge in [-0.2, -0.15) is 0 Å². The first-order valence-corrected chi connectivity index (χ1v) is 11.2. The number of aromatic nitrogens is 2. The van der Waals surface area contributed by atoms with Crippen molar-refractivity contribution in [2.24, 2.45) is 0 Å². The lowest BCUT2D eigenvalue weighted by atomic mass is 9.84. The van der Waals surface area contributed by atoms with Crippen molar-refractivity contribution >= 4 is 45.7 Å². The summed E-state index contributed by atoms with van der Waals surface area (Å²) in [6.45, 7) is 2.63. The number of anilines is 3. The third-order valence-electron chi connectivity index (χ3n) is 6.33. The number of hydrogen-bond donors (Lipinski definition) is 3. The first kappa shape index (κ1) is 20.2. The SMILES string of the molecule is O=C(Nc1cnc(N2CCC3(CCCCO3)CC2)c(Cl)c1)Nc1c[nH]c2ccccc12. The maximum atomic E-state index is 12.5. The normalized spacial score (nSPS) is 18.3. The highest BCUT2D eigenvalue weighted by Gasteiger charge is 2.37. The third kappa shape index (κ3) is 4.20. The molecule has 2 amide bonds. The molecule has 2 fully saturated rings. The van der Waals surface area contributed by atoms with Crippen molar-refractivity contribution in [2.75, 3.05) is 35.2 Å². The molecular weight excluding hydrogens is 414 g/mol. The van der Waals surface area contributed by atoms with Crippen LogP contribution in [0.3, 0.4) is 0 Å². The first-order valence-electron chi connectivity index (χ1n) is 10.8. The van der Waals surface area contributed by atoms with Crippen LogP contribution in [0.2, 0.25) is 5.02 Å². The summed E-state index contributed by atoms with van der Waals surface area (Å²) in [6, 6.07) is 9.21. The molecule has 8 heteroatoms. The zero-order valence-corrected chi connectivity index (χ0v) is 18.0. The van der Waals surface area contributed by atoms with Gasteiger partial charge in [0, 0.05) is 36.8 Å². The van der Waals surface area contributed by atoms with E-state index in [4.69, 9.17) is 16.3 Å². The first-order chi connectivity index (χ1) is 15.1. The molecule has 0 atom stereocenters. The molecule has 0 unspecified atom stereocenters. The Morgan fingerprint density at radius 3 is 2.77 bits per heavy atom. The number of urea groups is 1. The predicted octanol–water partition coefficient (Wildman–Crippen LogP) is 5.40. The van der Waals surface area contributed by atoms with Crippen LogP contribution in [0.5, 0.6) is 0 Å². The van der Waals surface area contributed by atoms with Crippen LogP contribution in [0.15, 0.2) is 42.7 Å². The quantitative estimate of drug-likeness (QED) is 0.510. The lowest BCUT2D eigenvalue weighted by Crippen LogP contribution is -2.48. The van der Waals surface area contributed by atoms with E-state index in [9.17, 15) is 4.79 Å². The fourth-order valence-electron chi connectivity index (χ4n) is 4.62. The highest BCUT2D eigenvalue weighted by Crippen LogP contribution is 2.37. The van der Waals surface area contributed by atoms with Gasteiger partial charge in [0.1, 0.15) is 5.82 Å². The van der Waals surface area contributed by atoms with Crippen molar-refractivity contribution in [3.63, 3.8) is 0 Å². The van der Waals surface area contributed by atoms with E-state index in [0.717, 1.165) is 61.4 Å². The number of amides is 2. The van der Waals surface area contributed by atoms with Crippen LogP contribution < -0.4 is 15.5 Å². The largest absolute Gasteiger partial charge is 0.375 e. The fraction of sp³-hybridized carbons (Fsp3) is 0.391. The summed E-state index contributed by atoms with van der Waals surface area (Å²) < 4.78 is 6.12. The summed E-state index contributed by atoms with van der Waals surface area (Å²) in [6.07, 6.45) is 8.99. The highest BCUT2D eigenvalue weighted by atomic mass is 35.5. The second-order valence-electron chi connectivity index (χ2n) is 8.33. The number of ether oxygens (including phenoxy) is 1. The molecule has 162 valence electrons. The van der Waals surface area contributed by atoms with Crippen LogP contribution in [0.4, 0.5) is 22.0 Å². The zero-order chi connectivity index (χ0) is 21.3.